The lowest BCUT2D eigenvalue weighted by Gasteiger charge is -2.26. The first-order chi connectivity index (χ1) is 14.7. The Morgan fingerprint density at radius 3 is 2.39 bits per heavy atom. The van der Waals surface area contributed by atoms with Crippen LogP contribution in [0.25, 0.3) is 6.08 Å². The van der Waals surface area contributed by atoms with Gasteiger partial charge in [0.25, 0.3) is 11.8 Å². The van der Waals surface area contributed by atoms with Gasteiger partial charge in [0, 0.05) is 12.1 Å². The van der Waals surface area contributed by atoms with Crippen molar-refractivity contribution in [2.24, 2.45) is 0 Å². The van der Waals surface area contributed by atoms with Crippen molar-refractivity contribution < 1.29 is 14.3 Å². The fraction of sp³-hybridized carbons (Fsp3) is 0.190. The Balaban J connectivity index is 1.72. The highest BCUT2D eigenvalue weighted by molar-refractivity contribution is 8.26. The van der Waals surface area contributed by atoms with E-state index in [1.807, 2.05) is 6.92 Å². The number of amides is 2. The van der Waals surface area contributed by atoms with Crippen molar-refractivity contribution in [1.29, 1.82) is 0 Å². The van der Waals surface area contributed by atoms with Gasteiger partial charge in [0.05, 0.1) is 4.91 Å². The molecule has 162 valence electrons. The summed E-state index contributed by atoms with van der Waals surface area (Å²) in [5.41, 5.74) is 1.19. The standard InChI is InChI=1S/C21H17Cl3N2O3S2/c1-2-26-18(28)16(31-20(26)30)12-13-8-10-15(11-9-13)29-19(21(22,23)24)25-17(27)14-6-4-3-5-7-14/h3-12,19H,2H2,1H3,(H,25,27)/b16-12-/t19-/m0/s1. The number of thioether (sulfide) groups is 1. The summed E-state index contributed by atoms with van der Waals surface area (Å²) < 4.78 is 4.35. The second kappa shape index (κ2) is 10.2. The average Bonchev–Trinajstić information content (AvgIpc) is 3.01. The first-order valence-corrected chi connectivity index (χ1v) is 11.5. The quantitative estimate of drug-likeness (QED) is 0.241. The number of benzene rings is 2. The van der Waals surface area contributed by atoms with E-state index in [-0.39, 0.29) is 5.91 Å². The van der Waals surface area contributed by atoms with Crippen molar-refractivity contribution in [3.63, 3.8) is 0 Å². The molecule has 0 bridgehead atoms. The van der Waals surface area contributed by atoms with Crippen molar-refractivity contribution in [1.82, 2.24) is 10.2 Å². The number of rotatable bonds is 6. The van der Waals surface area contributed by atoms with Gasteiger partial charge in [-0.25, -0.2) is 0 Å². The van der Waals surface area contributed by atoms with Crippen LogP contribution < -0.4 is 10.1 Å². The number of carbonyl (C=O) groups excluding carboxylic acids is 2. The lowest BCUT2D eigenvalue weighted by atomic mass is 10.2. The van der Waals surface area contributed by atoms with Crippen molar-refractivity contribution in [3.8, 4) is 5.75 Å². The van der Waals surface area contributed by atoms with Crippen LogP contribution in [0.2, 0.25) is 0 Å². The minimum atomic E-state index is -1.91. The maximum atomic E-state index is 12.4. The molecule has 10 heteroatoms. The van der Waals surface area contributed by atoms with Gasteiger partial charge in [-0.3, -0.25) is 14.5 Å². The molecule has 0 spiro atoms. The molecule has 2 amide bonds. The zero-order valence-corrected chi connectivity index (χ0v) is 20.1. The molecule has 1 aliphatic rings. The normalized spacial score (nSPS) is 16.5. The fourth-order valence-corrected chi connectivity index (χ4v) is 4.35. The maximum absolute atomic E-state index is 12.4. The van der Waals surface area contributed by atoms with Crippen molar-refractivity contribution in [3.05, 3.63) is 70.6 Å². The third-order valence-electron chi connectivity index (χ3n) is 4.22. The Kier molecular flexibility index (Phi) is 7.88. The Morgan fingerprint density at radius 2 is 1.84 bits per heavy atom. The Hall–Kier alpha value is -1.77. The monoisotopic (exact) mass is 514 g/mol. The van der Waals surface area contributed by atoms with Crippen molar-refractivity contribution in [2.45, 2.75) is 16.9 Å². The molecule has 0 saturated carbocycles. The van der Waals surface area contributed by atoms with Crippen LogP contribution in [0.4, 0.5) is 0 Å². The molecule has 5 nitrogen and oxygen atoms in total. The van der Waals surface area contributed by atoms with Crippen LogP contribution in [0.1, 0.15) is 22.8 Å². The molecule has 1 atom stereocenters. The third-order valence-corrected chi connectivity index (χ3v) is 6.19. The molecule has 0 aromatic heterocycles. The number of hydrogen-bond acceptors (Lipinski definition) is 5. The Labute approximate surface area is 204 Å². The van der Waals surface area contributed by atoms with Gasteiger partial charge >= 0.3 is 0 Å². The van der Waals surface area contributed by atoms with E-state index in [0.29, 0.717) is 27.1 Å². The molecule has 2 aromatic rings. The van der Waals surface area contributed by atoms with E-state index in [1.54, 1.807) is 65.6 Å². The van der Waals surface area contributed by atoms with Gasteiger partial charge in [-0.2, -0.15) is 0 Å². The van der Waals surface area contributed by atoms with Crippen LogP contribution in [-0.2, 0) is 4.79 Å². The molecule has 2 aromatic carbocycles. The summed E-state index contributed by atoms with van der Waals surface area (Å²) in [5, 5.41) is 2.58. The third kappa shape index (κ3) is 6.14. The second-order valence-corrected chi connectivity index (χ2v) is 10.4. The fourth-order valence-electron chi connectivity index (χ4n) is 2.67. The summed E-state index contributed by atoms with van der Waals surface area (Å²) >= 11 is 24.5. The average molecular weight is 516 g/mol. The zero-order valence-electron chi connectivity index (χ0n) is 16.2. The number of alkyl halides is 3. The van der Waals surface area contributed by atoms with E-state index in [4.69, 9.17) is 51.8 Å². The molecule has 31 heavy (non-hydrogen) atoms. The largest absolute Gasteiger partial charge is 0.466 e. The number of hydrogen-bond donors (Lipinski definition) is 1. The second-order valence-electron chi connectivity index (χ2n) is 6.37. The minimum absolute atomic E-state index is 0.113. The number of carbonyl (C=O) groups is 2. The van der Waals surface area contributed by atoms with Gasteiger partial charge < -0.3 is 10.1 Å². The Bertz CT molecular complexity index is 1010. The highest BCUT2D eigenvalue weighted by Gasteiger charge is 2.36. The number of ether oxygens (including phenoxy) is 1. The maximum Gasteiger partial charge on any atom is 0.266 e. The number of likely N-dealkylation sites (N-methyl/N-ethyl adjacent to an activating group) is 1. The van der Waals surface area contributed by atoms with Gasteiger partial charge in [-0.15, -0.1) is 0 Å². The van der Waals surface area contributed by atoms with Crippen LogP contribution >= 0.6 is 58.8 Å². The lowest BCUT2D eigenvalue weighted by molar-refractivity contribution is -0.121. The van der Waals surface area contributed by atoms with Gasteiger partial charge in [0.1, 0.15) is 10.1 Å². The van der Waals surface area contributed by atoms with E-state index in [2.05, 4.69) is 5.32 Å². The number of nitrogens with zero attached hydrogens (tertiary/aromatic N) is 1. The van der Waals surface area contributed by atoms with Crippen LogP contribution in [0, 0.1) is 0 Å². The van der Waals surface area contributed by atoms with E-state index in [9.17, 15) is 9.59 Å². The molecule has 1 heterocycles. The van der Waals surface area contributed by atoms with Gasteiger partial charge in [-0.1, -0.05) is 89.1 Å². The molecule has 0 radical (unpaired) electrons. The zero-order chi connectivity index (χ0) is 22.6. The predicted octanol–water partition coefficient (Wildman–Crippen LogP) is 5.41. The number of nitrogens with one attached hydrogen (secondary N) is 1. The topological polar surface area (TPSA) is 58.6 Å². The summed E-state index contributed by atoms with van der Waals surface area (Å²) in [4.78, 5) is 26.9. The van der Waals surface area contributed by atoms with E-state index < -0.39 is 15.9 Å². The molecule has 0 unspecified atom stereocenters. The smallest absolute Gasteiger partial charge is 0.266 e. The predicted molar refractivity (Wildman–Crippen MR) is 131 cm³/mol. The highest BCUT2D eigenvalue weighted by Crippen LogP contribution is 2.34. The van der Waals surface area contributed by atoms with Crippen LogP contribution in [0.3, 0.4) is 0 Å². The summed E-state index contributed by atoms with van der Waals surface area (Å²) in [5.74, 6) is -0.174. The van der Waals surface area contributed by atoms with Crippen LogP contribution in [0.5, 0.6) is 5.75 Å². The molecule has 1 aliphatic heterocycles. The van der Waals surface area contributed by atoms with Crippen LogP contribution in [-0.4, -0.2) is 37.6 Å². The van der Waals surface area contributed by atoms with E-state index >= 15 is 0 Å². The van der Waals surface area contributed by atoms with Gasteiger partial charge in [-0.05, 0) is 42.8 Å². The summed E-state index contributed by atoms with van der Waals surface area (Å²) in [6.07, 6.45) is 0.527. The van der Waals surface area contributed by atoms with Crippen molar-refractivity contribution >= 4 is 81.0 Å². The number of halogens is 3. The summed E-state index contributed by atoms with van der Waals surface area (Å²) in [6.45, 7) is 2.40. The summed E-state index contributed by atoms with van der Waals surface area (Å²) in [7, 11) is 0. The lowest BCUT2D eigenvalue weighted by Crippen LogP contribution is -2.47. The SMILES string of the molecule is CCN1C(=O)/C(=C/c2ccc(O[C@H](NC(=O)c3ccccc3)C(Cl)(Cl)Cl)cc2)SC1=S. The molecular weight excluding hydrogens is 499 g/mol. The van der Waals surface area contributed by atoms with E-state index in [1.165, 1.54) is 11.8 Å². The number of thiocarbonyl (C=S) groups is 1. The molecular formula is C21H17Cl3N2O3S2. The summed E-state index contributed by atoms with van der Waals surface area (Å²) in [6, 6.07) is 15.3. The Morgan fingerprint density at radius 1 is 1.19 bits per heavy atom. The minimum Gasteiger partial charge on any atom is -0.466 e. The van der Waals surface area contributed by atoms with Crippen LogP contribution in [0.15, 0.2) is 59.5 Å². The first kappa shape index (κ1) is 23.9. The highest BCUT2D eigenvalue weighted by atomic mass is 35.6. The van der Waals surface area contributed by atoms with Crippen molar-refractivity contribution in [2.75, 3.05) is 6.54 Å². The molecule has 0 aliphatic carbocycles. The molecule has 3 rings (SSSR count). The molecule has 1 fully saturated rings. The molecule has 1 N–H and O–H groups in total. The molecule has 1 saturated heterocycles. The van der Waals surface area contributed by atoms with Gasteiger partial charge in [0.15, 0.2) is 0 Å². The first-order valence-electron chi connectivity index (χ1n) is 9.13. The van der Waals surface area contributed by atoms with E-state index in [0.717, 1.165) is 5.56 Å². The van der Waals surface area contributed by atoms with Gasteiger partial charge in [0.2, 0.25) is 10.0 Å².